The molecule has 3 aromatic rings. The first kappa shape index (κ1) is 12.1. The Balaban J connectivity index is 2.08. The van der Waals surface area contributed by atoms with Crippen molar-refractivity contribution >= 4 is 33.9 Å². The molecule has 7 heteroatoms. The highest BCUT2D eigenvalue weighted by Gasteiger charge is 2.12. The van der Waals surface area contributed by atoms with Crippen LogP contribution in [0.5, 0.6) is 0 Å². The van der Waals surface area contributed by atoms with Crippen molar-refractivity contribution in [2.75, 3.05) is 0 Å². The van der Waals surface area contributed by atoms with E-state index in [-0.39, 0.29) is 9.90 Å². The predicted octanol–water partition coefficient (Wildman–Crippen LogP) is 3.55. The molecule has 0 atom stereocenters. The Bertz CT molecular complexity index is 765. The molecular weight excluding hydrogens is 291 g/mol. The molecule has 0 saturated heterocycles. The number of hydrogen-bond acceptors (Lipinski definition) is 3. The fraction of sp³-hybridized carbons (Fsp3) is 0. The summed E-state index contributed by atoms with van der Waals surface area (Å²) in [7, 11) is 0. The highest BCUT2D eigenvalue weighted by atomic mass is 35.5. The van der Waals surface area contributed by atoms with Crippen LogP contribution in [0.1, 0.15) is 9.67 Å². The van der Waals surface area contributed by atoms with Gasteiger partial charge >= 0.3 is 5.97 Å². The zero-order valence-electron chi connectivity index (χ0n) is 9.30. The van der Waals surface area contributed by atoms with Crippen molar-refractivity contribution in [3.63, 3.8) is 0 Å². The molecule has 4 nitrogen and oxygen atoms in total. The molecule has 1 N–H and O–H groups in total. The summed E-state index contributed by atoms with van der Waals surface area (Å²) in [6.07, 6.45) is 3.17. The van der Waals surface area contributed by atoms with Crippen molar-refractivity contribution < 1.29 is 14.3 Å². The maximum Gasteiger partial charge on any atom is 0.347 e. The van der Waals surface area contributed by atoms with Crippen molar-refractivity contribution in [1.82, 2.24) is 9.38 Å². The fourth-order valence-corrected chi connectivity index (χ4v) is 2.67. The number of aromatic carboxylic acids is 1. The minimum atomic E-state index is -0.984. The number of aromatic nitrogens is 2. The van der Waals surface area contributed by atoms with Gasteiger partial charge in [-0.3, -0.25) is 4.40 Å². The van der Waals surface area contributed by atoms with Crippen LogP contribution in [0.25, 0.3) is 16.2 Å². The zero-order chi connectivity index (χ0) is 13.6. The van der Waals surface area contributed by atoms with Crippen LogP contribution in [-0.2, 0) is 0 Å². The van der Waals surface area contributed by atoms with E-state index in [4.69, 9.17) is 16.7 Å². The Kier molecular flexibility index (Phi) is 2.76. The Hall–Kier alpha value is -1.92. The van der Waals surface area contributed by atoms with Gasteiger partial charge in [0.1, 0.15) is 10.7 Å². The number of carboxylic acids is 1. The Morgan fingerprint density at radius 2 is 2.21 bits per heavy atom. The average molecular weight is 297 g/mol. The molecule has 0 saturated carbocycles. The van der Waals surface area contributed by atoms with Crippen LogP contribution in [0, 0.1) is 5.82 Å². The molecule has 0 aliphatic rings. The summed E-state index contributed by atoms with van der Waals surface area (Å²) in [5.41, 5.74) is 1.30. The number of carbonyl (C=O) groups is 1. The van der Waals surface area contributed by atoms with Gasteiger partial charge in [-0.05, 0) is 18.2 Å². The van der Waals surface area contributed by atoms with Crippen LogP contribution in [-0.4, -0.2) is 20.5 Å². The number of halogens is 2. The van der Waals surface area contributed by atoms with E-state index >= 15 is 0 Å². The second kappa shape index (κ2) is 4.32. The Labute approximate surface area is 115 Å². The first-order chi connectivity index (χ1) is 9.04. The first-order valence-electron chi connectivity index (χ1n) is 5.22. The third-order valence-electron chi connectivity index (χ3n) is 2.58. The van der Waals surface area contributed by atoms with E-state index in [1.807, 2.05) is 0 Å². The van der Waals surface area contributed by atoms with Crippen molar-refractivity contribution in [2.45, 2.75) is 0 Å². The molecule has 1 aromatic carbocycles. The molecule has 0 fully saturated rings. The minimum Gasteiger partial charge on any atom is -0.477 e. The molecule has 2 heterocycles. The number of rotatable bonds is 2. The second-order valence-electron chi connectivity index (χ2n) is 3.85. The number of hydrogen-bond donors (Lipinski definition) is 1. The van der Waals surface area contributed by atoms with Crippen molar-refractivity contribution in [1.29, 1.82) is 0 Å². The van der Waals surface area contributed by atoms with Crippen LogP contribution in [0.3, 0.4) is 0 Å². The zero-order valence-corrected chi connectivity index (χ0v) is 10.9. The molecule has 96 valence electrons. The lowest BCUT2D eigenvalue weighted by molar-refractivity contribution is 0.0702. The van der Waals surface area contributed by atoms with Crippen LogP contribution < -0.4 is 0 Å². The summed E-state index contributed by atoms with van der Waals surface area (Å²) in [5, 5.41) is 8.90. The van der Waals surface area contributed by atoms with Crippen LogP contribution >= 0.6 is 22.9 Å². The molecule has 0 amide bonds. The van der Waals surface area contributed by atoms with E-state index in [0.29, 0.717) is 16.2 Å². The van der Waals surface area contributed by atoms with Gasteiger partial charge < -0.3 is 5.11 Å². The topological polar surface area (TPSA) is 54.6 Å². The van der Waals surface area contributed by atoms with Gasteiger partial charge in [-0.1, -0.05) is 22.9 Å². The first-order valence-corrected chi connectivity index (χ1v) is 6.41. The van der Waals surface area contributed by atoms with Crippen molar-refractivity contribution in [3.05, 3.63) is 46.3 Å². The summed E-state index contributed by atoms with van der Waals surface area (Å²) in [5.74, 6) is -1.47. The number of thiazole rings is 1. The summed E-state index contributed by atoms with van der Waals surface area (Å²) >= 11 is 6.79. The maximum atomic E-state index is 13.1. The lowest BCUT2D eigenvalue weighted by atomic mass is 10.2. The molecular formula is C12H6ClFN2O2S. The number of fused-ring (bicyclic) bond motifs is 1. The molecule has 0 aliphatic heterocycles. The van der Waals surface area contributed by atoms with Gasteiger partial charge in [-0.15, -0.1) is 0 Å². The van der Waals surface area contributed by atoms with E-state index in [0.717, 1.165) is 11.3 Å². The third kappa shape index (κ3) is 2.09. The monoisotopic (exact) mass is 296 g/mol. The molecule has 0 aliphatic carbocycles. The number of carboxylic acid groups (broad SMARTS) is 1. The van der Waals surface area contributed by atoms with E-state index in [9.17, 15) is 9.18 Å². The van der Waals surface area contributed by atoms with E-state index in [1.165, 1.54) is 18.3 Å². The highest BCUT2D eigenvalue weighted by Crippen LogP contribution is 2.27. The molecule has 0 radical (unpaired) electrons. The smallest absolute Gasteiger partial charge is 0.347 e. The highest BCUT2D eigenvalue weighted by molar-refractivity contribution is 7.18. The Morgan fingerprint density at radius 1 is 1.42 bits per heavy atom. The van der Waals surface area contributed by atoms with Gasteiger partial charge in [0.25, 0.3) is 0 Å². The van der Waals surface area contributed by atoms with Crippen LogP contribution in [0.15, 0.2) is 30.6 Å². The van der Waals surface area contributed by atoms with Gasteiger partial charge in [-0.25, -0.2) is 14.2 Å². The molecule has 0 unspecified atom stereocenters. The summed E-state index contributed by atoms with van der Waals surface area (Å²) in [4.78, 5) is 15.9. The minimum absolute atomic E-state index is 0.0279. The van der Waals surface area contributed by atoms with E-state index < -0.39 is 11.8 Å². The summed E-state index contributed by atoms with van der Waals surface area (Å²) < 4.78 is 14.7. The van der Waals surface area contributed by atoms with Gasteiger partial charge in [0.05, 0.1) is 10.7 Å². The van der Waals surface area contributed by atoms with Crippen molar-refractivity contribution in [2.24, 2.45) is 0 Å². The maximum absolute atomic E-state index is 13.1. The van der Waals surface area contributed by atoms with Gasteiger partial charge in [0, 0.05) is 18.0 Å². The summed E-state index contributed by atoms with van der Waals surface area (Å²) in [6.45, 7) is 0. The molecule has 3 rings (SSSR count). The van der Waals surface area contributed by atoms with Crippen LogP contribution in [0.2, 0.25) is 5.02 Å². The quantitative estimate of drug-likeness (QED) is 0.787. The van der Waals surface area contributed by atoms with Gasteiger partial charge in [0.2, 0.25) is 0 Å². The molecule has 2 aromatic heterocycles. The standard InChI is InChI=1S/C12H6ClFN2O2S/c13-7-3-6(1-2-8(7)14)9-4-16-5-10(11(17)18)19-12(16)15-9/h1-5H,(H,17,18). The number of nitrogens with zero attached hydrogens (tertiary/aromatic N) is 2. The normalized spacial score (nSPS) is 11.1. The largest absolute Gasteiger partial charge is 0.477 e. The van der Waals surface area contributed by atoms with E-state index in [2.05, 4.69) is 4.98 Å². The lowest BCUT2D eigenvalue weighted by Crippen LogP contribution is -1.90. The number of imidazole rings is 1. The molecule has 0 spiro atoms. The average Bonchev–Trinajstić information content (AvgIpc) is 2.90. The Morgan fingerprint density at radius 3 is 2.84 bits per heavy atom. The van der Waals surface area contributed by atoms with Gasteiger partial charge in [0.15, 0.2) is 4.96 Å². The number of benzene rings is 1. The predicted molar refractivity (Wildman–Crippen MR) is 70.4 cm³/mol. The van der Waals surface area contributed by atoms with Crippen LogP contribution in [0.4, 0.5) is 4.39 Å². The van der Waals surface area contributed by atoms with Crippen molar-refractivity contribution in [3.8, 4) is 11.3 Å². The second-order valence-corrected chi connectivity index (χ2v) is 5.26. The molecule has 19 heavy (non-hydrogen) atoms. The third-order valence-corrected chi connectivity index (χ3v) is 3.86. The molecule has 0 bridgehead atoms. The fourth-order valence-electron chi connectivity index (χ4n) is 1.69. The SMILES string of the molecule is O=C(O)c1cn2cc(-c3ccc(F)c(Cl)c3)nc2s1. The lowest BCUT2D eigenvalue weighted by Gasteiger charge is -1.98. The van der Waals surface area contributed by atoms with E-state index in [1.54, 1.807) is 16.7 Å². The summed E-state index contributed by atoms with van der Waals surface area (Å²) in [6, 6.07) is 4.33. The van der Waals surface area contributed by atoms with Gasteiger partial charge in [-0.2, -0.15) is 0 Å².